The smallest absolute Gasteiger partial charge is 0.0948 e. The van der Waals surface area contributed by atoms with Crippen molar-refractivity contribution in [2.24, 2.45) is 0 Å². The fraction of sp³-hybridized carbons (Fsp3) is 0.700. The molecule has 2 N–H and O–H groups in total. The summed E-state index contributed by atoms with van der Waals surface area (Å²) in [6.45, 7) is 4.67. The standard InChI is InChI=1S/C10H17N3O2/c1-2-13-8(3-4-12-13)5-11-9-6-15-7-10(9)14/h3-4,9-11,14H,2,5-7H2,1H3. The van der Waals surface area contributed by atoms with Crippen molar-refractivity contribution in [2.75, 3.05) is 13.2 Å². The van der Waals surface area contributed by atoms with Gasteiger partial charge in [0.1, 0.15) is 0 Å². The molecule has 2 rings (SSSR count). The van der Waals surface area contributed by atoms with Gasteiger partial charge in [0.2, 0.25) is 0 Å². The van der Waals surface area contributed by atoms with Gasteiger partial charge in [-0.3, -0.25) is 4.68 Å². The first-order valence-corrected chi connectivity index (χ1v) is 5.31. The molecule has 0 spiro atoms. The molecule has 5 heteroatoms. The van der Waals surface area contributed by atoms with E-state index in [0.717, 1.165) is 18.8 Å². The summed E-state index contributed by atoms with van der Waals surface area (Å²) in [6.07, 6.45) is 1.41. The monoisotopic (exact) mass is 211 g/mol. The third-order valence-electron chi connectivity index (χ3n) is 2.70. The van der Waals surface area contributed by atoms with Gasteiger partial charge in [0.05, 0.1) is 31.1 Å². The Bertz CT molecular complexity index is 313. The summed E-state index contributed by atoms with van der Waals surface area (Å²) in [5.41, 5.74) is 1.14. The number of nitrogens with zero attached hydrogens (tertiary/aromatic N) is 2. The van der Waals surface area contributed by atoms with E-state index >= 15 is 0 Å². The molecule has 1 aliphatic heterocycles. The number of aliphatic hydroxyl groups excluding tert-OH is 1. The molecule has 84 valence electrons. The van der Waals surface area contributed by atoms with Crippen LogP contribution in [0, 0.1) is 0 Å². The second-order valence-corrected chi connectivity index (χ2v) is 3.73. The topological polar surface area (TPSA) is 59.3 Å². The molecule has 0 radical (unpaired) electrons. The predicted octanol–water partition coefficient (Wildman–Crippen LogP) is -0.248. The maximum Gasteiger partial charge on any atom is 0.0948 e. The molecule has 2 unspecified atom stereocenters. The van der Waals surface area contributed by atoms with Crippen LogP contribution in [0.25, 0.3) is 0 Å². The van der Waals surface area contributed by atoms with E-state index in [4.69, 9.17) is 4.74 Å². The van der Waals surface area contributed by atoms with Crippen LogP contribution < -0.4 is 5.32 Å². The zero-order valence-corrected chi connectivity index (χ0v) is 8.89. The Morgan fingerprint density at radius 3 is 3.20 bits per heavy atom. The largest absolute Gasteiger partial charge is 0.389 e. The van der Waals surface area contributed by atoms with E-state index in [2.05, 4.69) is 17.3 Å². The van der Waals surface area contributed by atoms with Gasteiger partial charge in [0.15, 0.2) is 0 Å². The van der Waals surface area contributed by atoms with Crippen LogP contribution in [0.15, 0.2) is 12.3 Å². The van der Waals surface area contributed by atoms with Gasteiger partial charge in [-0.2, -0.15) is 5.10 Å². The highest BCUT2D eigenvalue weighted by molar-refractivity contribution is 5.00. The average Bonchev–Trinajstić information content (AvgIpc) is 2.83. The van der Waals surface area contributed by atoms with Crippen molar-refractivity contribution in [3.8, 4) is 0 Å². The van der Waals surface area contributed by atoms with E-state index in [0.29, 0.717) is 13.2 Å². The Morgan fingerprint density at radius 2 is 2.53 bits per heavy atom. The van der Waals surface area contributed by atoms with E-state index in [1.54, 1.807) is 6.20 Å². The van der Waals surface area contributed by atoms with Crippen LogP contribution in [0.3, 0.4) is 0 Å². The SMILES string of the molecule is CCn1nccc1CNC1COCC1O. The summed E-state index contributed by atoms with van der Waals surface area (Å²) in [4.78, 5) is 0. The maximum absolute atomic E-state index is 9.53. The molecule has 0 aliphatic carbocycles. The van der Waals surface area contributed by atoms with Crippen LogP contribution in [0.1, 0.15) is 12.6 Å². The zero-order valence-electron chi connectivity index (χ0n) is 8.89. The predicted molar refractivity (Wildman–Crippen MR) is 55.4 cm³/mol. The van der Waals surface area contributed by atoms with Crippen molar-refractivity contribution in [3.05, 3.63) is 18.0 Å². The van der Waals surface area contributed by atoms with Gasteiger partial charge in [-0.1, -0.05) is 0 Å². The van der Waals surface area contributed by atoms with Gasteiger partial charge in [-0.05, 0) is 13.0 Å². The van der Waals surface area contributed by atoms with E-state index in [1.165, 1.54) is 0 Å². The van der Waals surface area contributed by atoms with Crippen LogP contribution in [0.2, 0.25) is 0 Å². The zero-order chi connectivity index (χ0) is 10.7. The first-order chi connectivity index (χ1) is 7.31. The normalized spacial score (nSPS) is 26.0. The maximum atomic E-state index is 9.53. The second kappa shape index (κ2) is 4.74. The Labute approximate surface area is 89.0 Å². The average molecular weight is 211 g/mol. The van der Waals surface area contributed by atoms with Gasteiger partial charge >= 0.3 is 0 Å². The van der Waals surface area contributed by atoms with Crippen LogP contribution >= 0.6 is 0 Å². The molecule has 1 saturated heterocycles. The van der Waals surface area contributed by atoms with Crippen molar-refractivity contribution in [1.29, 1.82) is 0 Å². The molecule has 2 atom stereocenters. The van der Waals surface area contributed by atoms with Crippen molar-refractivity contribution in [2.45, 2.75) is 32.2 Å². The van der Waals surface area contributed by atoms with Gasteiger partial charge in [0.25, 0.3) is 0 Å². The van der Waals surface area contributed by atoms with Crippen LogP contribution in [0.5, 0.6) is 0 Å². The van der Waals surface area contributed by atoms with Crippen molar-refractivity contribution >= 4 is 0 Å². The number of ether oxygens (including phenoxy) is 1. The first-order valence-electron chi connectivity index (χ1n) is 5.31. The van der Waals surface area contributed by atoms with Crippen LogP contribution in [0.4, 0.5) is 0 Å². The molecule has 0 amide bonds. The Balaban J connectivity index is 1.87. The lowest BCUT2D eigenvalue weighted by Gasteiger charge is -2.14. The molecule has 1 fully saturated rings. The number of nitrogens with one attached hydrogen (secondary N) is 1. The summed E-state index contributed by atoms with van der Waals surface area (Å²) in [5, 5.41) is 17.0. The highest BCUT2D eigenvalue weighted by Gasteiger charge is 2.25. The van der Waals surface area contributed by atoms with Gasteiger partial charge in [0, 0.05) is 19.3 Å². The van der Waals surface area contributed by atoms with Crippen LogP contribution in [-0.2, 0) is 17.8 Å². The molecule has 2 heterocycles. The highest BCUT2D eigenvalue weighted by atomic mass is 16.5. The minimum Gasteiger partial charge on any atom is -0.389 e. The quantitative estimate of drug-likeness (QED) is 0.721. The van der Waals surface area contributed by atoms with Crippen molar-refractivity contribution in [1.82, 2.24) is 15.1 Å². The van der Waals surface area contributed by atoms with Gasteiger partial charge < -0.3 is 15.2 Å². The molecule has 1 aromatic heterocycles. The van der Waals surface area contributed by atoms with Crippen molar-refractivity contribution < 1.29 is 9.84 Å². The minimum atomic E-state index is -0.386. The summed E-state index contributed by atoms with van der Waals surface area (Å²) < 4.78 is 7.10. The Hall–Kier alpha value is -0.910. The third kappa shape index (κ3) is 2.37. The lowest BCUT2D eigenvalue weighted by molar-refractivity contribution is 0.122. The fourth-order valence-electron chi connectivity index (χ4n) is 1.77. The Kier molecular flexibility index (Phi) is 3.35. The van der Waals surface area contributed by atoms with Gasteiger partial charge in [-0.15, -0.1) is 0 Å². The number of rotatable bonds is 4. The minimum absolute atomic E-state index is 0.0465. The lowest BCUT2D eigenvalue weighted by Crippen LogP contribution is -2.38. The molecule has 5 nitrogen and oxygen atoms in total. The number of aromatic nitrogens is 2. The fourth-order valence-corrected chi connectivity index (χ4v) is 1.77. The summed E-state index contributed by atoms with van der Waals surface area (Å²) in [6, 6.07) is 2.03. The third-order valence-corrected chi connectivity index (χ3v) is 2.70. The van der Waals surface area contributed by atoms with E-state index in [9.17, 15) is 5.11 Å². The summed E-state index contributed by atoms with van der Waals surface area (Å²) in [7, 11) is 0. The highest BCUT2D eigenvalue weighted by Crippen LogP contribution is 2.06. The molecular weight excluding hydrogens is 194 g/mol. The van der Waals surface area contributed by atoms with E-state index < -0.39 is 0 Å². The molecule has 1 aliphatic rings. The first kappa shape index (κ1) is 10.6. The summed E-state index contributed by atoms with van der Waals surface area (Å²) in [5.74, 6) is 0. The number of aliphatic hydroxyl groups is 1. The van der Waals surface area contributed by atoms with E-state index in [-0.39, 0.29) is 12.1 Å². The number of hydrogen-bond donors (Lipinski definition) is 2. The molecule has 0 bridgehead atoms. The number of hydrogen-bond acceptors (Lipinski definition) is 4. The summed E-state index contributed by atoms with van der Waals surface area (Å²) >= 11 is 0. The van der Waals surface area contributed by atoms with Crippen LogP contribution in [-0.4, -0.2) is 40.2 Å². The Morgan fingerprint density at radius 1 is 1.67 bits per heavy atom. The molecule has 1 aromatic rings. The van der Waals surface area contributed by atoms with Gasteiger partial charge in [-0.25, -0.2) is 0 Å². The van der Waals surface area contributed by atoms with E-state index in [1.807, 2.05) is 10.7 Å². The van der Waals surface area contributed by atoms with Crippen molar-refractivity contribution in [3.63, 3.8) is 0 Å². The molecular formula is C10H17N3O2. The number of aryl methyl sites for hydroxylation is 1. The second-order valence-electron chi connectivity index (χ2n) is 3.73. The molecule has 0 saturated carbocycles. The lowest BCUT2D eigenvalue weighted by atomic mass is 10.2. The molecule has 15 heavy (non-hydrogen) atoms. The molecule has 0 aromatic carbocycles.